The maximum absolute atomic E-state index is 12.0. The first-order valence-corrected chi connectivity index (χ1v) is 7.79. The predicted molar refractivity (Wildman–Crippen MR) is 96.3 cm³/mol. The summed E-state index contributed by atoms with van der Waals surface area (Å²) in [6, 6.07) is 9.00. The van der Waals surface area contributed by atoms with Crippen LogP contribution in [0.4, 0.5) is 17.1 Å². The molecule has 0 saturated heterocycles. The summed E-state index contributed by atoms with van der Waals surface area (Å²) < 4.78 is 9.67. The van der Waals surface area contributed by atoms with Gasteiger partial charge >= 0.3 is 5.97 Å². The SMILES string of the molecule is COC(=O)c1cc([N+](=O)[O-])cc([N+](=O)[O-])c1NCCc1ccc(OC)cc1. The van der Waals surface area contributed by atoms with Gasteiger partial charge in [-0.05, 0) is 24.1 Å². The molecule has 0 fully saturated rings. The van der Waals surface area contributed by atoms with Gasteiger partial charge in [0.1, 0.15) is 11.4 Å². The molecule has 0 heterocycles. The molecule has 0 unspecified atom stereocenters. The summed E-state index contributed by atoms with van der Waals surface area (Å²) in [5, 5.41) is 25.2. The fourth-order valence-corrected chi connectivity index (χ4v) is 2.44. The second kappa shape index (κ2) is 8.61. The van der Waals surface area contributed by atoms with Gasteiger partial charge in [0.2, 0.25) is 0 Å². The molecule has 27 heavy (non-hydrogen) atoms. The Hall–Kier alpha value is -3.69. The van der Waals surface area contributed by atoms with Crippen molar-refractivity contribution in [3.05, 3.63) is 67.8 Å². The van der Waals surface area contributed by atoms with Gasteiger partial charge in [-0.1, -0.05) is 12.1 Å². The van der Waals surface area contributed by atoms with E-state index in [1.165, 1.54) is 0 Å². The Kier molecular flexibility index (Phi) is 6.26. The normalized spacial score (nSPS) is 10.1. The zero-order valence-corrected chi connectivity index (χ0v) is 14.6. The highest BCUT2D eigenvalue weighted by atomic mass is 16.6. The van der Waals surface area contributed by atoms with E-state index in [1.807, 2.05) is 12.1 Å². The maximum atomic E-state index is 12.0. The number of esters is 1. The first-order chi connectivity index (χ1) is 12.9. The first kappa shape index (κ1) is 19.6. The van der Waals surface area contributed by atoms with Crippen LogP contribution < -0.4 is 10.1 Å². The van der Waals surface area contributed by atoms with Crippen molar-refractivity contribution in [1.82, 2.24) is 0 Å². The molecule has 0 bridgehead atoms. The third kappa shape index (κ3) is 4.69. The van der Waals surface area contributed by atoms with Crippen molar-refractivity contribution in [2.45, 2.75) is 6.42 Å². The number of carbonyl (C=O) groups is 1. The second-order valence-corrected chi connectivity index (χ2v) is 5.42. The number of hydrogen-bond acceptors (Lipinski definition) is 8. The highest BCUT2D eigenvalue weighted by Crippen LogP contribution is 2.34. The predicted octanol–water partition coefficient (Wildman–Crippen LogP) is 2.95. The van der Waals surface area contributed by atoms with E-state index in [2.05, 4.69) is 10.1 Å². The van der Waals surface area contributed by atoms with Crippen LogP contribution in [0.5, 0.6) is 5.75 Å². The largest absolute Gasteiger partial charge is 0.497 e. The lowest BCUT2D eigenvalue weighted by molar-refractivity contribution is -0.393. The molecule has 0 radical (unpaired) electrons. The van der Waals surface area contributed by atoms with E-state index in [1.54, 1.807) is 19.2 Å². The molecule has 0 saturated carbocycles. The van der Waals surface area contributed by atoms with Crippen LogP contribution in [-0.4, -0.2) is 36.6 Å². The lowest BCUT2D eigenvalue weighted by atomic mass is 10.1. The Morgan fingerprint density at radius 1 is 1.07 bits per heavy atom. The van der Waals surface area contributed by atoms with Gasteiger partial charge in [-0.25, -0.2) is 4.79 Å². The van der Waals surface area contributed by atoms with Crippen LogP contribution in [-0.2, 0) is 11.2 Å². The minimum atomic E-state index is -0.909. The Morgan fingerprint density at radius 2 is 1.74 bits per heavy atom. The Labute approximate surface area is 154 Å². The van der Waals surface area contributed by atoms with Crippen LogP contribution in [0.15, 0.2) is 36.4 Å². The second-order valence-electron chi connectivity index (χ2n) is 5.42. The molecule has 0 aliphatic carbocycles. The fraction of sp³-hybridized carbons (Fsp3) is 0.235. The Balaban J connectivity index is 2.30. The van der Waals surface area contributed by atoms with E-state index < -0.39 is 27.2 Å². The molecule has 0 aliphatic rings. The molecule has 2 aromatic rings. The number of hydrogen-bond donors (Lipinski definition) is 1. The van der Waals surface area contributed by atoms with E-state index in [-0.39, 0.29) is 17.8 Å². The Morgan fingerprint density at radius 3 is 2.26 bits per heavy atom. The van der Waals surface area contributed by atoms with E-state index in [9.17, 15) is 25.0 Å². The quantitative estimate of drug-likeness (QED) is 0.423. The van der Waals surface area contributed by atoms with Crippen LogP contribution in [0.3, 0.4) is 0 Å². The number of rotatable bonds is 8. The molecule has 10 nitrogen and oxygen atoms in total. The molecule has 2 aromatic carbocycles. The van der Waals surface area contributed by atoms with Gasteiger partial charge in [0, 0.05) is 12.6 Å². The summed E-state index contributed by atoms with van der Waals surface area (Å²) in [6.07, 6.45) is 0.499. The number of nitro benzene ring substituents is 2. The number of nitrogens with zero attached hydrogens (tertiary/aromatic N) is 2. The van der Waals surface area contributed by atoms with Crippen molar-refractivity contribution in [3.8, 4) is 5.75 Å². The van der Waals surface area contributed by atoms with Gasteiger partial charge in [0.25, 0.3) is 11.4 Å². The van der Waals surface area contributed by atoms with Gasteiger partial charge < -0.3 is 14.8 Å². The van der Waals surface area contributed by atoms with Crippen LogP contribution >= 0.6 is 0 Å². The van der Waals surface area contributed by atoms with Gasteiger partial charge in [0.15, 0.2) is 0 Å². The number of carbonyl (C=O) groups excluding carboxylic acids is 1. The molecule has 10 heteroatoms. The Bertz CT molecular complexity index is 866. The minimum Gasteiger partial charge on any atom is -0.497 e. The van der Waals surface area contributed by atoms with Crippen molar-refractivity contribution in [1.29, 1.82) is 0 Å². The average Bonchev–Trinajstić information content (AvgIpc) is 2.67. The first-order valence-electron chi connectivity index (χ1n) is 7.79. The molecular formula is C17H17N3O7. The molecule has 0 atom stereocenters. The van der Waals surface area contributed by atoms with Gasteiger partial charge in [-0.2, -0.15) is 0 Å². The summed E-state index contributed by atoms with van der Waals surface area (Å²) in [4.78, 5) is 32.7. The van der Waals surface area contributed by atoms with E-state index in [0.29, 0.717) is 12.2 Å². The number of nitro groups is 2. The lowest BCUT2D eigenvalue weighted by Gasteiger charge is -2.11. The zero-order chi connectivity index (χ0) is 20.0. The van der Waals surface area contributed by atoms with Crippen molar-refractivity contribution >= 4 is 23.0 Å². The van der Waals surface area contributed by atoms with Crippen molar-refractivity contribution in [3.63, 3.8) is 0 Å². The number of anilines is 1. The summed E-state index contributed by atoms with van der Waals surface area (Å²) in [7, 11) is 2.65. The zero-order valence-electron chi connectivity index (χ0n) is 14.6. The fourth-order valence-electron chi connectivity index (χ4n) is 2.44. The summed E-state index contributed by atoms with van der Waals surface area (Å²) in [5.41, 5.74) is -0.589. The molecule has 0 aliphatic heterocycles. The number of benzene rings is 2. The van der Waals surface area contributed by atoms with Crippen LogP contribution in [0.1, 0.15) is 15.9 Å². The molecule has 0 amide bonds. The van der Waals surface area contributed by atoms with Crippen molar-refractivity contribution in [2.24, 2.45) is 0 Å². The van der Waals surface area contributed by atoms with Crippen molar-refractivity contribution in [2.75, 3.05) is 26.1 Å². The molecule has 0 spiro atoms. The number of nitrogens with one attached hydrogen (secondary N) is 1. The van der Waals surface area contributed by atoms with Crippen LogP contribution in [0.2, 0.25) is 0 Å². The summed E-state index contributed by atoms with van der Waals surface area (Å²) in [6.45, 7) is 0.259. The molecule has 142 valence electrons. The minimum absolute atomic E-state index is 0.119. The standard InChI is InChI=1S/C17H17N3O7/c1-26-13-5-3-11(4-6-13)7-8-18-16-14(17(21)27-2)9-12(19(22)23)10-15(16)20(24)25/h3-6,9-10,18H,7-8H2,1-2H3. The van der Waals surface area contributed by atoms with E-state index in [0.717, 1.165) is 24.8 Å². The van der Waals surface area contributed by atoms with Crippen LogP contribution in [0, 0.1) is 20.2 Å². The summed E-state index contributed by atoms with van der Waals surface area (Å²) in [5.74, 6) is -0.209. The molecule has 1 N–H and O–H groups in total. The molecular weight excluding hydrogens is 358 g/mol. The highest BCUT2D eigenvalue weighted by molar-refractivity contribution is 5.99. The van der Waals surface area contributed by atoms with Gasteiger partial charge in [-0.15, -0.1) is 0 Å². The maximum Gasteiger partial charge on any atom is 0.340 e. The third-order valence-corrected chi connectivity index (χ3v) is 3.79. The monoisotopic (exact) mass is 375 g/mol. The van der Waals surface area contributed by atoms with Gasteiger partial charge in [-0.3, -0.25) is 20.2 Å². The topological polar surface area (TPSA) is 134 Å². The number of ether oxygens (including phenoxy) is 2. The summed E-state index contributed by atoms with van der Waals surface area (Å²) >= 11 is 0. The van der Waals surface area contributed by atoms with E-state index in [4.69, 9.17) is 4.74 Å². The van der Waals surface area contributed by atoms with Crippen LogP contribution in [0.25, 0.3) is 0 Å². The van der Waals surface area contributed by atoms with Gasteiger partial charge in [0.05, 0.1) is 35.7 Å². The smallest absolute Gasteiger partial charge is 0.340 e. The third-order valence-electron chi connectivity index (χ3n) is 3.79. The number of methoxy groups -OCH3 is 2. The molecule has 2 rings (SSSR count). The lowest BCUT2D eigenvalue weighted by Crippen LogP contribution is -2.13. The number of non-ortho nitro benzene ring substituents is 1. The average molecular weight is 375 g/mol. The highest BCUT2D eigenvalue weighted by Gasteiger charge is 2.27. The van der Waals surface area contributed by atoms with Crippen molar-refractivity contribution < 1.29 is 24.1 Å². The van der Waals surface area contributed by atoms with E-state index >= 15 is 0 Å². The molecule has 0 aromatic heterocycles.